The fourth-order valence-corrected chi connectivity index (χ4v) is 17.0. The molecular weight excluding hydrogens is 1600 g/mol. The van der Waals surface area contributed by atoms with Gasteiger partial charge in [0.2, 0.25) is 41.4 Å². The molecule has 8 rings (SSSR count). The van der Waals surface area contributed by atoms with Crippen LogP contribution in [-0.4, -0.2) is 316 Å². The number of fused-ring (bicyclic) bond motifs is 1. The van der Waals surface area contributed by atoms with Crippen molar-refractivity contribution in [2.24, 2.45) is 17.8 Å². The number of unbranched alkanes of at least 4 members (excludes halogenated alkanes) is 1. The summed E-state index contributed by atoms with van der Waals surface area (Å²) in [7, 11) is 1.79. The van der Waals surface area contributed by atoms with Crippen molar-refractivity contribution < 1.29 is 108 Å². The highest BCUT2D eigenvalue weighted by molar-refractivity contribution is 8.76. The van der Waals surface area contributed by atoms with E-state index in [0.717, 1.165) is 35.4 Å². The number of rotatable bonds is 33. The van der Waals surface area contributed by atoms with Gasteiger partial charge in [0.05, 0.1) is 68.3 Å². The standard InChI is InChI=1S/C82H108N14O22S2/c1-49(86-75(110)54-22-25-83-26-23-54)81(116)96-27-11-17-66(96)79(114)84-24-10-9-16-62-78(113)91-74(51(3)98)80(115)90-65(69(102)41-60(50(2)97)82(117)118)48-120-119-47-57(77(112)89-64(37-53-18-20-58(99)21-19-53)67(100)39-55(76(111)88-62)38-56-42-85-61-15-8-7-14-59(56)61)40-68(101)63(36-52-12-5-4-6-13-52)87-70(103)43-92-28-30-93(44-71(104)105)32-34-95(46-73(108)109)35-33-94(31-29-92)45-72(106)107/h4-8,12-15,18-23,25-26,42,49-51,55,57,60,62-66,74,85,97-99H,9-11,16-17,24,27-41,43-48H2,1-3H3,(H,84,114)(H,86,110)(H,87,103)(H,88,111)(H,89,112)(H,90,115)(H,91,113)(H,104,105)(H,106,107)(H,108,109)(H,117,118)/t49-,50?,51?,55+,57+,60+,62+,63-,64+,65+,66+,74+/m1/s1. The lowest BCUT2D eigenvalue weighted by Gasteiger charge is -2.33. The highest BCUT2D eigenvalue weighted by Gasteiger charge is 2.40. The average Bonchev–Trinajstić information content (AvgIpc) is 1.70. The van der Waals surface area contributed by atoms with Gasteiger partial charge in [0.15, 0.2) is 17.3 Å². The van der Waals surface area contributed by atoms with E-state index in [0.29, 0.717) is 40.4 Å². The number of phenolic OH excluding ortho intramolecular Hbond substituents is 1. The highest BCUT2D eigenvalue weighted by Crippen LogP contribution is 2.30. The molecule has 650 valence electrons. The number of amides is 8. The lowest BCUT2D eigenvalue weighted by Crippen LogP contribution is -2.59. The largest absolute Gasteiger partial charge is 0.508 e. The minimum absolute atomic E-state index is 0.0132. The second-order valence-corrected chi connectivity index (χ2v) is 33.1. The number of aromatic hydroxyl groups is 1. The van der Waals surface area contributed by atoms with Gasteiger partial charge in [-0.1, -0.05) is 82.3 Å². The minimum Gasteiger partial charge on any atom is -0.508 e. The summed E-state index contributed by atoms with van der Waals surface area (Å²) in [5, 5.41) is 91.8. The Hall–Kier alpha value is -10.7. The number of carbonyl (C=O) groups excluding carboxylic acids is 11. The third-order valence-electron chi connectivity index (χ3n) is 21.3. The molecule has 3 aliphatic heterocycles. The van der Waals surface area contributed by atoms with E-state index in [2.05, 4.69) is 47.2 Å². The fourth-order valence-electron chi connectivity index (χ4n) is 14.5. The number of aliphatic carboxylic acids is 4. The summed E-state index contributed by atoms with van der Waals surface area (Å²) in [6, 6.07) is 14.4. The Morgan fingerprint density at radius 1 is 0.600 bits per heavy atom. The van der Waals surface area contributed by atoms with Crippen LogP contribution in [0.2, 0.25) is 0 Å². The number of carboxylic acid groups (broad SMARTS) is 4. The van der Waals surface area contributed by atoms with Gasteiger partial charge in [0.1, 0.15) is 29.9 Å². The van der Waals surface area contributed by atoms with Crippen LogP contribution in [0.4, 0.5) is 0 Å². The van der Waals surface area contributed by atoms with Gasteiger partial charge < -0.3 is 82.8 Å². The summed E-state index contributed by atoms with van der Waals surface area (Å²) >= 11 is 0. The molecule has 38 heteroatoms. The first-order chi connectivity index (χ1) is 57.3. The van der Waals surface area contributed by atoms with Crippen LogP contribution in [0, 0.1) is 17.8 Å². The van der Waals surface area contributed by atoms with Crippen molar-refractivity contribution in [1.82, 2.24) is 71.7 Å². The molecule has 0 spiro atoms. The Balaban J connectivity index is 1.12. The van der Waals surface area contributed by atoms with E-state index < -0.39 is 212 Å². The smallest absolute Gasteiger partial charge is 0.317 e. The number of carboxylic acids is 4. The van der Waals surface area contributed by atoms with Gasteiger partial charge in [-0.05, 0) is 119 Å². The van der Waals surface area contributed by atoms with Crippen molar-refractivity contribution in [2.45, 2.75) is 146 Å². The summed E-state index contributed by atoms with van der Waals surface area (Å²) in [5.74, 6) is -19.0. The van der Waals surface area contributed by atoms with Crippen LogP contribution in [0.1, 0.15) is 99.2 Å². The number of hydrogen-bond acceptors (Lipinski definition) is 25. The molecule has 3 saturated heterocycles. The maximum atomic E-state index is 15.6. The van der Waals surface area contributed by atoms with Crippen LogP contribution < -0.4 is 37.2 Å². The number of carbonyl (C=O) groups is 15. The van der Waals surface area contributed by atoms with Gasteiger partial charge in [-0.15, -0.1) is 0 Å². The van der Waals surface area contributed by atoms with Gasteiger partial charge in [0, 0.05) is 137 Å². The molecule has 3 fully saturated rings. The lowest BCUT2D eigenvalue weighted by atomic mass is 9.88. The van der Waals surface area contributed by atoms with E-state index in [4.69, 9.17) is 0 Å². The lowest BCUT2D eigenvalue weighted by molar-refractivity contribution is -0.148. The maximum absolute atomic E-state index is 15.6. The average molecular weight is 1710 g/mol. The summed E-state index contributed by atoms with van der Waals surface area (Å²) in [6.07, 6.45) is -0.767. The highest BCUT2D eigenvalue weighted by atomic mass is 33.1. The SMILES string of the molecule is CC(O)[C@H](CC(=O)[C@@H]1CSSC[C@H](CC(=O)[C@@H](Cc2ccccc2)NC(=O)CN2CCN(CC(=O)O)CCN(CC(=O)O)CCN(CC(=O)O)CC2)C(=O)N[C@@H](Cc2ccc(O)cc2)C(=O)C[C@H](Cc2c[nH]c3ccccc23)C(=O)N[C@@H](CCCCNC(=O)[C@@H]2CCCN2C(=O)[C@@H](C)NC(=O)c2ccncc2)C(=O)N[C@@H](C(C)O)C(=O)N1)C(=O)O. The van der Waals surface area contributed by atoms with Crippen LogP contribution in [0.25, 0.3) is 10.9 Å². The molecule has 120 heavy (non-hydrogen) atoms. The number of hydrogen-bond donors (Lipinski definition) is 15. The van der Waals surface area contributed by atoms with Crippen molar-refractivity contribution in [1.29, 1.82) is 0 Å². The molecular formula is C82H108N14O22S2. The zero-order valence-electron chi connectivity index (χ0n) is 67.2. The van der Waals surface area contributed by atoms with Gasteiger partial charge >= 0.3 is 23.9 Å². The normalized spacial score (nSPS) is 21.7. The number of aromatic nitrogens is 2. The third kappa shape index (κ3) is 30.2. The van der Waals surface area contributed by atoms with E-state index in [9.17, 15) is 83.7 Å². The van der Waals surface area contributed by atoms with Crippen LogP contribution in [-0.2, 0) is 86.4 Å². The van der Waals surface area contributed by atoms with Crippen molar-refractivity contribution in [2.75, 3.05) is 103 Å². The van der Waals surface area contributed by atoms with Crippen molar-refractivity contribution >= 4 is 121 Å². The first-order valence-electron chi connectivity index (χ1n) is 39.9. The molecule has 3 aliphatic rings. The van der Waals surface area contributed by atoms with Gasteiger partial charge in [-0.3, -0.25) is 96.5 Å². The molecule has 36 nitrogen and oxygen atoms in total. The summed E-state index contributed by atoms with van der Waals surface area (Å²) in [6.45, 7) is 2.94. The molecule has 2 aromatic heterocycles. The van der Waals surface area contributed by atoms with Crippen LogP contribution in [0.15, 0.2) is 110 Å². The molecule has 5 aromatic rings. The number of nitrogens with zero attached hydrogens (tertiary/aromatic N) is 6. The fraction of sp³-hybridized carbons (Fsp3) is 0.512. The molecule has 3 aromatic carbocycles. The van der Waals surface area contributed by atoms with E-state index in [-0.39, 0.29) is 121 Å². The number of phenols is 1. The number of aliphatic hydroxyl groups is 2. The molecule has 5 heterocycles. The Morgan fingerprint density at radius 2 is 1.18 bits per heavy atom. The minimum atomic E-state index is -1.90. The van der Waals surface area contributed by atoms with E-state index in [1.54, 1.807) is 80.4 Å². The number of aliphatic hydroxyl groups excluding tert-OH is 2. The van der Waals surface area contributed by atoms with Gasteiger partial charge in [-0.25, -0.2) is 0 Å². The Bertz CT molecular complexity index is 4340. The second-order valence-electron chi connectivity index (χ2n) is 30.5. The molecule has 0 radical (unpaired) electrons. The first-order valence-corrected chi connectivity index (χ1v) is 42.4. The molecule has 0 aliphatic carbocycles. The number of benzene rings is 3. The summed E-state index contributed by atoms with van der Waals surface area (Å²) < 4.78 is 0. The Morgan fingerprint density at radius 3 is 1.78 bits per heavy atom. The van der Waals surface area contributed by atoms with E-state index in [1.165, 1.54) is 60.6 Å². The van der Waals surface area contributed by atoms with E-state index >= 15 is 24.0 Å². The van der Waals surface area contributed by atoms with Crippen molar-refractivity contribution in [3.63, 3.8) is 0 Å². The third-order valence-corrected chi connectivity index (χ3v) is 23.8. The first kappa shape index (κ1) is 94.7. The van der Waals surface area contributed by atoms with E-state index in [1.807, 2.05) is 0 Å². The van der Waals surface area contributed by atoms with Crippen molar-refractivity contribution in [3.05, 3.63) is 132 Å². The zero-order valence-corrected chi connectivity index (χ0v) is 68.8. The molecule has 0 saturated carbocycles. The predicted octanol–water partition coefficient (Wildman–Crippen LogP) is 0.259. The number of Topliss-reactive ketones (excluding diaryl/α,β-unsaturated/α-hetero) is 3. The maximum Gasteiger partial charge on any atom is 0.317 e. The summed E-state index contributed by atoms with van der Waals surface area (Å²) in [5.41, 5.74) is 2.47. The number of ketones is 3. The molecule has 0 bridgehead atoms. The number of pyridine rings is 1. The predicted molar refractivity (Wildman–Crippen MR) is 440 cm³/mol. The molecule has 12 atom stereocenters. The van der Waals surface area contributed by atoms with Crippen LogP contribution >= 0.6 is 21.6 Å². The molecule has 8 amide bonds. The van der Waals surface area contributed by atoms with Crippen LogP contribution in [0.5, 0.6) is 5.75 Å². The van der Waals surface area contributed by atoms with Crippen molar-refractivity contribution in [3.8, 4) is 5.75 Å². The Kier molecular flexibility index (Phi) is 37.3. The monoisotopic (exact) mass is 1700 g/mol. The molecule has 15 N–H and O–H groups in total. The van der Waals surface area contributed by atoms with Gasteiger partial charge in [0.25, 0.3) is 5.91 Å². The number of nitrogens with one attached hydrogen (secondary N) is 8. The number of para-hydroxylation sites is 1. The number of H-pyrrole nitrogens is 1. The number of aromatic amines is 1. The Labute approximate surface area is 701 Å². The van der Waals surface area contributed by atoms with Gasteiger partial charge in [-0.2, -0.15) is 0 Å². The molecule has 2 unspecified atom stereocenters. The second kappa shape index (κ2) is 47.3. The summed E-state index contributed by atoms with van der Waals surface area (Å²) in [4.78, 5) is 225. The van der Waals surface area contributed by atoms with Crippen LogP contribution in [0.3, 0.4) is 0 Å². The zero-order chi connectivity index (χ0) is 87.1. The quantitative estimate of drug-likeness (QED) is 0.0198. The topological polar surface area (TPSA) is 527 Å². The number of likely N-dealkylation sites (tertiary alicyclic amines) is 1.